The van der Waals surface area contributed by atoms with Crippen LogP contribution in [0.1, 0.15) is 4.88 Å². The summed E-state index contributed by atoms with van der Waals surface area (Å²) in [6.45, 7) is 0.183. The molecule has 0 bridgehead atoms. The molecule has 0 aromatic carbocycles. The fourth-order valence-electron chi connectivity index (χ4n) is 0.910. The minimum absolute atomic E-state index is 0.183. The van der Waals surface area contributed by atoms with E-state index in [1.807, 2.05) is 12.1 Å². The van der Waals surface area contributed by atoms with Crippen molar-refractivity contribution in [2.24, 2.45) is 5.73 Å². The average Bonchev–Trinajstić information content (AvgIpc) is 2.59. The van der Waals surface area contributed by atoms with E-state index in [4.69, 9.17) is 5.73 Å². The van der Waals surface area contributed by atoms with Gasteiger partial charge in [0.25, 0.3) is 0 Å². The molecule has 76 valence electrons. The molecule has 0 spiro atoms. The molecule has 14 heavy (non-hydrogen) atoms. The van der Waals surface area contributed by atoms with E-state index in [9.17, 15) is 4.79 Å². The lowest BCUT2D eigenvalue weighted by molar-refractivity contribution is -0.136. The van der Waals surface area contributed by atoms with E-state index in [0.29, 0.717) is 5.57 Å². The Hall–Kier alpha value is -0.650. The topological polar surface area (TPSA) is 52.3 Å². The van der Waals surface area contributed by atoms with Crippen molar-refractivity contribution in [3.8, 4) is 0 Å². The van der Waals surface area contributed by atoms with Gasteiger partial charge in [-0.3, -0.25) is 0 Å². The summed E-state index contributed by atoms with van der Waals surface area (Å²) in [6, 6.07) is 3.83. The third kappa shape index (κ3) is 2.94. The molecule has 0 saturated carbocycles. The van der Waals surface area contributed by atoms with Gasteiger partial charge in [0.1, 0.15) is 0 Å². The number of methoxy groups -OCH3 is 1. The van der Waals surface area contributed by atoms with Crippen molar-refractivity contribution in [1.29, 1.82) is 0 Å². The maximum atomic E-state index is 11.2. The van der Waals surface area contributed by atoms with Crippen molar-refractivity contribution in [2.45, 2.75) is 0 Å². The molecule has 0 unspecified atom stereocenters. The molecule has 0 aliphatic rings. The lowest BCUT2D eigenvalue weighted by atomic mass is 10.2. The lowest BCUT2D eigenvalue weighted by Gasteiger charge is -2.00. The molecule has 0 atom stereocenters. The molecular formula is C9H10BrNO2S. The maximum absolute atomic E-state index is 11.2. The van der Waals surface area contributed by atoms with Gasteiger partial charge >= 0.3 is 5.97 Å². The molecule has 1 rings (SSSR count). The predicted molar refractivity (Wildman–Crippen MR) is 61.1 cm³/mol. The molecule has 2 N–H and O–H groups in total. The van der Waals surface area contributed by atoms with E-state index < -0.39 is 0 Å². The van der Waals surface area contributed by atoms with Gasteiger partial charge in [0.2, 0.25) is 0 Å². The summed E-state index contributed by atoms with van der Waals surface area (Å²) in [5.41, 5.74) is 5.90. The molecule has 0 amide bonds. The summed E-state index contributed by atoms with van der Waals surface area (Å²) in [7, 11) is 1.34. The van der Waals surface area contributed by atoms with E-state index in [0.717, 1.165) is 8.66 Å². The van der Waals surface area contributed by atoms with Crippen molar-refractivity contribution in [3.63, 3.8) is 0 Å². The first-order chi connectivity index (χ1) is 6.67. The van der Waals surface area contributed by atoms with Gasteiger partial charge < -0.3 is 10.5 Å². The standard InChI is InChI=1S/C9H10BrNO2S/c1-13-9(12)6(5-11)4-7-2-3-8(10)14-7/h2-4H,5,11H2,1H3/b6-4+. The predicted octanol–water partition coefficient (Wildman–Crippen LogP) is 2.03. The first-order valence-corrected chi connectivity index (χ1v) is 5.52. The van der Waals surface area contributed by atoms with E-state index in [2.05, 4.69) is 20.7 Å². The SMILES string of the molecule is COC(=O)/C(=C/c1ccc(Br)s1)CN. The van der Waals surface area contributed by atoms with E-state index in [1.54, 1.807) is 6.08 Å². The van der Waals surface area contributed by atoms with E-state index >= 15 is 0 Å². The highest BCUT2D eigenvalue weighted by atomic mass is 79.9. The minimum atomic E-state index is -0.378. The molecule has 0 saturated heterocycles. The molecule has 0 fully saturated rings. The number of ether oxygens (including phenoxy) is 1. The van der Waals surface area contributed by atoms with Gasteiger partial charge in [-0.25, -0.2) is 4.79 Å². The van der Waals surface area contributed by atoms with Gasteiger partial charge in [0.15, 0.2) is 0 Å². The number of thiophene rings is 1. The summed E-state index contributed by atoms with van der Waals surface area (Å²) in [4.78, 5) is 12.2. The molecular weight excluding hydrogens is 266 g/mol. The smallest absolute Gasteiger partial charge is 0.335 e. The molecule has 5 heteroatoms. The fourth-order valence-corrected chi connectivity index (χ4v) is 2.30. The van der Waals surface area contributed by atoms with Crippen LogP contribution in [0.4, 0.5) is 0 Å². The molecule has 0 aliphatic heterocycles. The molecule has 0 radical (unpaired) electrons. The number of rotatable bonds is 3. The van der Waals surface area contributed by atoms with Crippen LogP contribution in [-0.4, -0.2) is 19.6 Å². The number of hydrogen-bond acceptors (Lipinski definition) is 4. The molecule has 0 aliphatic carbocycles. The van der Waals surface area contributed by atoms with Gasteiger partial charge in [-0.05, 0) is 34.1 Å². The van der Waals surface area contributed by atoms with Crippen LogP contribution in [-0.2, 0) is 9.53 Å². The highest BCUT2D eigenvalue weighted by molar-refractivity contribution is 9.11. The van der Waals surface area contributed by atoms with Crippen LogP contribution in [0.15, 0.2) is 21.5 Å². The maximum Gasteiger partial charge on any atom is 0.335 e. The van der Waals surface area contributed by atoms with Gasteiger partial charge in [-0.2, -0.15) is 0 Å². The van der Waals surface area contributed by atoms with Gasteiger partial charge in [0.05, 0.1) is 16.5 Å². The Kier molecular flexibility index (Phi) is 4.31. The average molecular weight is 276 g/mol. The van der Waals surface area contributed by atoms with E-state index in [-0.39, 0.29) is 12.5 Å². The molecule has 1 aromatic rings. The minimum Gasteiger partial charge on any atom is -0.466 e. The normalized spacial score (nSPS) is 11.5. The van der Waals surface area contributed by atoms with Crippen LogP contribution in [0, 0.1) is 0 Å². The largest absolute Gasteiger partial charge is 0.466 e. The second-order valence-corrected chi connectivity index (χ2v) is 5.00. The van der Waals surface area contributed by atoms with Crippen molar-refractivity contribution in [1.82, 2.24) is 0 Å². The second-order valence-electron chi connectivity index (χ2n) is 2.51. The Morgan fingerprint density at radius 2 is 2.43 bits per heavy atom. The van der Waals surface area contributed by atoms with Crippen LogP contribution in [0.25, 0.3) is 6.08 Å². The van der Waals surface area contributed by atoms with Crippen molar-refractivity contribution < 1.29 is 9.53 Å². The van der Waals surface area contributed by atoms with Crippen LogP contribution in [0.2, 0.25) is 0 Å². The number of carbonyl (C=O) groups is 1. The van der Waals surface area contributed by atoms with Crippen molar-refractivity contribution in [2.75, 3.05) is 13.7 Å². The molecule has 3 nitrogen and oxygen atoms in total. The van der Waals surface area contributed by atoms with Crippen LogP contribution >= 0.6 is 27.3 Å². The van der Waals surface area contributed by atoms with Gasteiger partial charge in [0, 0.05) is 11.4 Å². The number of nitrogens with two attached hydrogens (primary N) is 1. The summed E-state index contributed by atoms with van der Waals surface area (Å²) in [5.74, 6) is -0.378. The zero-order valence-electron chi connectivity index (χ0n) is 7.62. The lowest BCUT2D eigenvalue weighted by Crippen LogP contribution is -2.13. The van der Waals surface area contributed by atoms with Gasteiger partial charge in [-0.1, -0.05) is 0 Å². The Morgan fingerprint density at radius 3 is 2.86 bits per heavy atom. The summed E-state index contributed by atoms with van der Waals surface area (Å²) in [5, 5.41) is 0. The highest BCUT2D eigenvalue weighted by Crippen LogP contribution is 2.24. The quantitative estimate of drug-likeness (QED) is 0.679. The third-order valence-electron chi connectivity index (χ3n) is 1.58. The Labute approximate surface area is 94.7 Å². The Balaban J connectivity index is 2.88. The third-order valence-corrected chi connectivity index (χ3v) is 3.15. The molecule has 1 aromatic heterocycles. The van der Waals surface area contributed by atoms with Gasteiger partial charge in [-0.15, -0.1) is 11.3 Å². The number of carbonyl (C=O) groups excluding carboxylic acids is 1. The Morgan fingerprint density at radius 1 is 1.71 bits per heavy atom. The zero-order chi connectivity index (χ0) is 10.6. The van der Waals surface area contributed by atoms with Crippen LogP contribution in [0.3, 0.4) is 0 Å². The number of esters is 1. The van der Waals surface area contributed by atoms with Crippen LogP contribution in [0.5, 0.6) is 0 Å². The number of hydrogen-bond donors (Lipinski definition) is 1. The first-order valence-electron chi connectivity index (χ1n) is 3.91. The summed E-state index contributed by atoms with van der Waals surface area (Å²) >= 11 is 4.88. The zero-order valence-corrected chi connectivity index (χ0v) is 10.0. The fraction of sp³-hybridized carbons (Fsp3) is 0.222. The van der Waals surface area contributed by atoms with Crippen molar-refractivity contribution >= 4 is 39.3 Å². The first kappa shape index (κ1) is 11.4. The Bertz CT molecular complexity index is 359. The number of halogens is 1. The van der Waals surface area contributed by atoms with Crippen molar-refractivity contribution in [3.05, 3.63) is 26.4 Å². The monoisotopic (exact) mass is 275 g/mol. The van der Waals surface area contributed by atoms with E-state index in [1.165, 1.54) is 18.4 Å². The summed E-state index contributed by atoms with van der Waals surface area (Å²) < 4.78 is 5.61. The summed E-state index contributed by atoms with van der Waals surface area (Å²) in [6.07, 6.45) is 1.74. The van der Waals surface area contributed by atoms with Crippen LogP contribution < -0.4 is 5.73 Å². The second kappa shape index (κ2) is 5.29. The highest BCUT2D eigenvalue weighted by Gasteiger charge is 2.07. The molecule has 1 heterocycles.